The van der Waals surface area contributed by atoms with Crippen molar-refractivity contribution >= 4 is 27.7 Å². The molecule has 33 heavy (non-hydrogen) atoms. The highest BCUT2D eigenvalue weighted by atomic mass is 35.5. The molecule has 0 fully saturated rings. The molecule has 1 atom stereocenters. The summed E-state index contributed by atoms with van der Waals surface area (Å²) in [5.41, 5.74) is 7.21. The van der Waals surface area contributed by atoms with Gasteiger partial charge in [-0.2, -0.15) is 4.31 Å². The summed E-state index contributed by atoms with van der Waals surface area (Å²) in [6, 6.07) is 15.9. The van der Waals surface area contributed by atoms with Gasteiger partial charge >= 0.3 is 6.09 Å². The molecular weight excluding hydrogens is 471 g/mol. The Balaban J connectivity index is 1.74. The maximum absolute atomic E-state index is 14.5. The molecule has 0 saturated carbocycles. The zero-order chi connectivity index (χ0) is 23.8. The first-order chi connectivity index (χ1) is 15.7. The number of carbonyl (C=O) groups is 1. The largest absolute Gasteiger partial charge is 0.496 e. The van der Waals surface area contributed by atoms with Crippen LogP contribution in [-0.4, -0.2) is 32.5 Å². The van der Waals surface area contributed by atoms with Gasteiger partial charge in [0.1, 0.15) is 11.6 Å². The summed E-state index contributed by atoms with van der Waals surface area (Å²) in [7, 11) is -2.78. The predicted octanol–water partition coefficient (Wildman–Crippen LogP) is 4.50. The lowest BCUT2D eigenvalue weighted by Crippen LogP contribution is -2.43. The average Bonchev–Trinajstić information content (AvgIpc) is 2.80. The third-order valence-corrected chi connectivity index (χ3v) is 7.55. The summed E-state index contributed by atoms with van der Waals surface area (Å²) in [5.74, 6) is -0.358. The molecular formula is C23H20ClFN2O5S. The molecule has 0 bridgehead atoms. The second-order valence-corrected chi connectivity index (χ2v) is 9.66. The highest BCUT2D eigenvalue weighted by Gasteiger charge is 2.41. The van der Waals surface area contributed by atoms with Crippen molar-refractivity contribution in [3.05, 3.63) is 82.6 Å². The molecule has 1 aliphatic rings. The fourth-order valence-corrected chi connectivity index (χ4v) is 5.48. The first-order valence-electron chi connectivity index (χ1n) is 9.91. The van der Waals surface area contributed by atoms with Crippen LogP contribution in [0, 0.1) is 5.82 Å². The third kappa shape index (κ3) is 4.39. The van der Waals surface area contributed by atoms with Crippen LogP contribution in [0.1, 0.15) is 17.4 Å². The van der Waals surface area contributed by atoms with Crippen molar-refractivity contribution in [1.29, 1.82) is 0 Å². The number of fused-ring (bicyclic) bond motifs is 1. The van der Waals surface area contributed by atoms with Crippen molar-refractivity contribution in [3.63, 3.8) is 0 Å². The summed E-state index contributed by atoms with van der Waals surface area (Å²) < 4.78 is 52.9. The predicted molar refractivity (Wildman–Crippen MR) is 121 cm³/mol. The normalized spacial score (nSPS) is 16.2. The first-order valence-corrected chi connectivity index (χ1v) is 11.7. The molecule has 10 heteroatoms. The van der Waals surface area contributed by atoms with Gasteiger partial charge in [0.05, 0.1) is 17.6 Å². The molecule has 1 unspecified atom stereocenters. The molecule has 3 aromatic rings. The number of nitrogens with two attached hydrogens (primary N) is 1. The van der Waals surface area contributed by atoms with Crippen LogP contribution in [0.15, 0.2) is 65.6 Å². The minimum absolute atomic E-state index is 0.0166. The standard InChI is InChI=1S/C23H20ClFN2O5S/c1-31-20-11-10-19(25)18-12-13-27(22(21(18)20)32-23(26)28)33(29,30)17-8-4-15(5-9-17)14-2-6-16(24)7-3-14/h2-11,22H,12-13H2,1H3,(H2,26,28). The van der Waals surface area contributed by atoms with E-state index in [1.807, 2.05) is 12.1 Å². The van der Waals surface area contributed by atoms with E-state index < -0.39 is 28.2 Å². The van der Waals surface area contributed by atoms with Gasteiger partial charge in [-0.3, -0.25) is 0 Å². The Labute approximate surface area is 195 Å². The molecule has 2 N–H and O–H groups in total. The molecule has 0 aromatic heterocycles. The number of nitrogens with zero attached hydrogens (tertiary/aromatic N) is 1. The fraction of sp³-hybridized carbons (Fsp3) is 0.174. The monoisotopic (exact) mass is 490 g/mol. The summed E-state index contributed by atoms with van der Waals surface area (Å²) in [6.45, 7) is -0.115. The van der Waals surface area contributed by atoms with Gasteiger partial charge in [-0.1, -0.05) is 35.9 Å². The number of methoxy groups -OCH3 is 1. The number of ether oxygens (including phenoxy) is 2. The van der Waals surface area contributed by atoms with Crippen LogP contribution >= 0.6 is 11.6 Å². The lowest BCUT2D eigenvalue weighted by atomic mass is 9.98. The van der Waals surface area contributed by atoms with Crippen molar-refractivity contribution < 1.29 is 27.1 Å². The minimum atomic E-state index is -4.14. The molecule has 1 aliphatic heterocycles. The molecule has 4 rings (SSSR count). The summed E-state index contributed by atoms with van der Waals surface area (Å²) >= 11 is 5.93. The molecule has 1 amide bonds. The van der Waals surface area contributed by atoms with Gasteiger partial charge in [-0.15, -0.1) is 0 Å². The van der Waals surface area contributed by atoms with E-state index in [2.05, 4.69) is 0 Å². The van der Waals surface area contributed by atoms with Crippen LogP contribution in [0.5, 0.6) is 5.75 Å². The number of carbonyl (C=O) groups excluding carboxylic acids is 1. The smallest absolute Gasteiger partial charge is 0.406 e. The van der Waals surface area contributed by atoms with Gasteiger partial charge in [0.15, 0.2) is 0 Å². The number of halogens is 2. The zero-order valence-electron chi connectivity index (χ0n) is 17.5. The van der Waals surface area contributed by atoms with Gasteiger partial charge in [0.2, 0.25) is 16.3 Å². The van der Waals surface area contributed by atoms with Gasteiger partial charge in [0.25, 0.3) is 0 Å². The Hall–Kier alpha value is -3.14. The van der Waals surface area contributed by atoms with E-state index in [1.165, 1.54) is 31.4 Å². The molecule has 0 aliphatic carbocycles. The van der Waals surface area contributed by atoms with Crippen molar-refractivity contribution in [1.82, 2.24) is 4.31 Å². The van der Waals surface area contributed by atoms with Gasteiger partial charge in [-0.05, 0) is 53.9 Å². The lowest BCUT2D eigenvalue weighted by molar-refractivity contribution is 0.0271. The zero-order valence-corrected chi connectivity index (χ0v) is 19.1. The minimum Gasteiger partial charge on any atom is -0.496 e. The van der Waals surface area contributed by atoms with Crippen LogP contribution in [0.2, 0.25) is 5.02 Å². The van der Waals surface area contributed by atoms with E-state index in [0.717, 1.165) is 15.4 Å². The highest BCUT2D eigenvalue weighted by molar-refractivity contribution is 7.89. The van der Waals surface area contributed by atoms with E-state index in [-0.39, 0.29) is 34.7 Å². The Morgan fingerprint density at radius 1 is 1.06 bits per heavy atom. The Kier molecular flexibility index (Phi) is 6.29. The van der Waals surface area contributed by atoms with Crippen LogP contribution in [-0.2, 0) is 21.2 Å². The molecule has 172 valence electrons. The van der Waals surface area contributed by atoms with Gasteiger partial charge in [-0.25, -0.2) is 17.6 Å². The lowest BCUT2D eigenvalue weighted by Gasteiger charge is -2.36. The summed E-state index contributed by atoms with van der Waals surface area (Å²) in [6.07, 6.45) is -2.60. The number of sulfonamides is 1. The molecule has 0 saturated heterocycles. The number of benzene rings is 3. The van der Waals surface area contributed by atoms with Crippen LogP contribution < -0.4 is 10.5 Å². The Bertz CT molecular complexity index is 1300. The van der Waals surface area contributed by atoms with E-state index in [9.17, 15) is 17.6 Å². The van der Waals surface area contributed by atoms with Crippen molar-refractivity contribution in [2.45, 2.75) is 17.5 Å². The van der Waals surface area contributed by atoms with Gasteiger partial charge < -0.3 is 15.2 Å². The highest BCUT2D eigenvalue weighted by Crippen LogP contribution is 2.41. The van der Waals surface area contributed by atoms with Gasteiger partial charge in [0, 0.05) is 17.1 Å². The SMILES string of the molecule is COc1ccc(F)c2c1C(OC(N)=O)N(S(=O)(=O)c1ccc(-c3ccc(Cl)cc3)cc1)CC2. The fourth-order valence-electron chi connectivity index (χ4n) is 3.87. The second kappa shape index (κ2) is 9.01. The topological polar surface area (TPSA) is 98.9 Å². The molecule has 0 radical (unpaired) electrons. The second-order valence-electron chi connectivity index (χ2n) is 7.33. The van der Waals surface area contributed by atoms with Crippen LogP contribution in [0.4, 0.5) is 9.18 Å². The Morgan fingerprint density at radius 2 is 1.67 bits per heavy atom. The van der Waals surface area contributed by atoms with E-state index in [4.69, 9.17) is 26.8 Å². The molecule has 0 spiro atoms. The maximum atomic E-state index is 14.5. The number of hydrogen-bond acceptors (Lipinski definition) is 5. The maximum Gasteiger partial charge on any atom is 0.406 e. The quantitative estimate of drug-likeness (QED) is 0.568. The van der Waals surface area contributed by atoms with E-state index in [0.29, 0.717) is 5.02 Å². The number of primary amides is 1. The van der Waals surface area contributed by atoms with Crippen LogP contribution in [0.3, 0.4) is 0 Å². The van der Waals surface area contributed by atoms with Crippen molar-refractivity contribution in [2.24, 2.45) is 5.73 Å². The van der Waals surface area contributed by atoms with Crippen LogP contribution in [0.25, 0.3) is 11.1 Å². The van der Waals surface area contributed by atoms with Crippen molar-refractivity contribution in [3.8, 4) is 16.9 Å². The molecule has 7 nitrogen and oxygen atoms in total. The first kappa shape index (κ1) is 23.0. The number of amides is 1. The third-order valence-electron chi connectivity index (χ3n) is 5.44. The molecule has 1 heterocycles. The average molecular weight is 491 g/mol. The van der Waals surface area contributed by atoms with Crippen molar-refractivity contribution in [2.75, 3.05) is 13.7 Å². The van der Waals surface area contributed by atoms with E-state index >= 15 is 0 Å². The number of hydrogen-bond donors (Lipinski definition) is 1. The summed E-state index contributed by atoms with van der Waals surface area (Å²) in [4.78, 5) is 11.6. The van der Waals surface area contributed by atoms with E-state index in [1.54, 1.807) is 24.3 Å². The Morgan fingerprint density at radius 3 is 2.24 bits per heavy atom. The molecule has 3 aromatic carbocycles. The number of rotatable bonds is 5. The summed E-state index contributed by atoms with van der Waals surface area (Å²) in [5, 5.41) is 0.593.